The quantitative estimate of drug-likeness (QED) is 0.0301. The molecule has 0 amide bonds. The molecular formula is C45H85O7Ti-3. The Labute approximate surface area is 341 Å². The van der Waals surface area contributed by atoms with Crippen molar-refractivity contribution < 1.29 is 53.1 Å². The van der Waals surface area contributed by atoms with Crippen LogP contribution in [0.2, 0.25) is 0 Å². The molecule has 0 aliphatic heterocycles. The molecule has 7 nitrogen and oxygen atoms in total. The second-order valence-electron chi connectivity index (χ2n) is 14.3. The first kappa shape index (κ1) is 63.2. The van der Waals surface area contributed by atoms with Crippen molar-refractivity contribution in [3.05, 3.63) is 31.7 Å². The molecule has 0 aromatic rings. The van der Waals surface area contributed by atoms with Gasteiger partial charge in [0.1, 0.15) is 0 Å². The Hall–Kier alpha value is -1.73. The van der Waals surface area contributed by atoms with E-state index < -0.39 is 11.9 Å². The Morgan fingerprint density at radius 3 is 0.774 bits per heavy atom. The summed E-state index contributed by atoms with van der Waals surface area (Å²) in [6.07, 6.45) is 44.3. The first-order valence-electron chi connectivity index (χ1n) is 20.8. The molecule has 0 atom stereocenters. The van der Waals surface area contributed by atoms with Crippen molar-refractivity contribution in [2.75, 3.05) is 0 Å². The molecule has 314 valence electrons. The molecule has 0 fully saturated rings. The van der Waals surface area contributed by atoms with Gasteiger partial charge in [-0.25, -0.2) is 9.59 Å². The summed E-state index contributed by atoms with van der Waals surface area (Å²) >= 11 is 0.750. The zero-order valence-corrected chi connectivity index (χ0v) is 37.1. The first-order chi connectivity index (χ1) is 25.5. The molecule has 0 saturated carbocycles. The number of rotatable bonds is 32. The van der Waals surface area contributed by atoms with E-state index in [2.05, 4.69) is 40.9 Å². The molecule has 0 heterocycles. The Kier molecular flexibility index (Phi) is 77.8. The summed E-state index contributed by atoms with van der Waals surface area (Å²) in [5.41, 5.74) is 0. The summed E-state index contributed by atoms with van der Waals surface area (Å²) in [5.74, 6) is -0.205. The van der Waals surface area contributed by atoms with Crippen molar-refractivity contribution in [1.29, 1.82) is 0 Å². The first-order valence-corrected chi connectivity index (χ1v) is 21.5. The van der Waals surface area contributed by atoms with Gasteiger partial charge in [-0.2, -0.15) is 26.7 Å². The van der Waals surface area contributed by atoms with Crippen LogP contribution < -0.4 is 0 Å². The molecule has 0 unspecified atom stereocenters. The predicted octanol–water partition coefficient (Wildman–Crippen LogP) is 14.1. The molecular weight excluding hydrogens is 700 g/mol. The van der Waals surface area contributed by atoms with Crippen molar-refractivity contribution in [3.8, 4) is 0 Å². The molecule has 8 heteroatoms. The average molecular weight is 786 g/mol. The van der Waals surface area contributed by atoms with Gasteiger partial charge in [0.25, 0.3) is 0 Å². The number of carbonyl (C=O) groups excluding carboxylic acids is 2. The molecule has 0 bridgehead atoms. The van der Waals surface area contributed by atoms with Crippen molar-refractivity contribution >= 4 is 24.5 Å². The molecule has 0 spiro atoms. The number of hydrogen-bond acceptors (Lipinski definition) is 5. The van der Waals surface area contributed by atoms with E-state index in [9.17, 15) is 19.2 Å². The standard InChI is InChI=1S/2C18H35O.2C3H4O2.C3H7.O.Ti/c2*1-18(2)16-14-12-10-8-6-4-3-5-7-9-11-13-15-17-19;2*1-2-3(4)5;1-3-2;;/h2*18H,3-16H2,1-2H3;2*2H,1H2,(H,4,5);3H,1-2H3;;/q2*-1;;;-1;;. The van der Waals surface area contributed by atoms with E-state index in [-0.39, 0.29) is 0 Å². The van der Waals surface area contributed by atoms with Gasteiger partial charge in [-0.1, -0.05) is 208 Å². The average Bonchev–Trinajstić information content (AvgIpc) is 3.13. The van der Waals surface area contributed by atoms with Crippen LogP contribution in [0.3, 0.4) is 0 Å². The van der Waals surface area contributed by atoms with E-state index in [1.807, 2.05) is 32.8 Å². The van der Waals surface area contributed by atoms with Gasteiger partial charge in [-0.05, 0) is 11.8 Å². The fourth-order valence-electron chi connectivity index (χ4n) is 5.04. The van der Waals surface area contributed by atoms with Crippen LogP contribution in [0.15, 0.2) is 25.3 Å². The van der Waals surface area contributed by atoms with Gasteiger partial charge >= 0.3 is 35.7 Å². The molecule has 0 saturated heterocycles. The number of carbonyl (C=O) groups is 2. The van der Waals surface area contributed by atoms with Gasteiger partial charge in [-0.15, -0.1) is 0 Å². The van der Waals surface area contributed by atoms with E-state index in [1.54, 1.807) is 0 Å². The summed E-state index contributed by atoms with van der Waals surface area (Å²) in [5, 5.41) is 15.2. The van der Waals surface area contributed by atoms with Crippen LogP contribution in [0, 0.1) is 18.3 Å². The van der Waals surface area contributed by atoms with Gasteiger partial charge < -0.3 is 26.2 Å². The van der Waals surface area contributed by atoms with Crippen molar-refractivity contribution in [2.24, 2.45) is 11.8 Å². The van der Waals surface area contributed by atoms with E-state index in [1.165, 1.54) is 154 Å². The molecule has 0 aliphatic rings. The summed E-state index contributed by atoms with van der Waals surface area (Å²) in [6.45, 7) is 19.2. The van der Waals surface area contributed by atoms with Gasteiger partial charge in [-0.3, -0.25) is 12.6 Å². The van der Waals surface area contributed by atoms with Crippen LogP contribution in [0.1, 0.15) is 221 Å². The van der Waals surface area contributed by atoms with Crippen LogP contribution in [0.25, 0.3) is 0 Å². The summed E-state index contributed by atoms with van der Waals surface area (Å²) in [4.78, 5) is 38.5. The third kappa shape index (κ3) is 99.7. The second kappa shape index (κ2) is 65.2. The van der Waals surface area contributed by atoms with E-state index >= 15 is 0 Å². The van der Waals surface area contributed by atoms with Crippen LogP contribution in [0.4, 0.5) is 0 Å². The topological polar surface area (TPSA) is 126 Å². The van der Waals surface area contributed by atoms with Crippen molar-refractivity contribution in [3.63, 3.8) is 0 Å². The van der Waals surface area contributed by atoms with Gasteiger partial charge in [0, 0.05) is 12.2 Å². The Bertz CT molecular complexity index is 668. The van der Waals surface area contributed by atoms with Crippen LogP contribution in [0.5, 0.6) is 0 Å². The van der Waals surface area contributed by atoms with Crippen molar-refractivity contribution in [1.82, 2.24) is 0 Å². The summed E-state index contributed by atoms with van der Waals surface area (Å²) in [7, 11) is 0. The Morgan fingerprint density at radius 2 is 0.642 bits per heavy atom. The minimum atomic E-state index is -0.981. The molecule has 0 aromatic carbocycles. The molecule has 0 radical (unpaired) electrons. The van der Waals surface area contributed by atoms with Gasteiger partial charge in [0.05, 0.1) is 0 Å². The maximum atomic E-state index is 10.0. The molecule has 2 N–H and O–H groups in total. The minimum absolute atomic E-state index is 0.636. The molecule has 0 aromatic heterocycles. The van der Waals surface area contributed by atoms with Crippen LogP contribution >= 0.6 is 0 Å². The number of carboxylic acid groups (broad SMARTS) is 2. The normalized spacial score (nSPS) is 9.57. The SMILES string of the molecule is C=CC(=O)O.C=CC(=O)O.CC(C)CCCCCCCCCCCCCC[C-]=O.CC(C)CCCCCCCCCCCCCC[C-]=O.C[CH-]C.[O]=[Ti]. The monoisotopic (exact) mass is 786 g/mol. The number of unbranched alkanes of at least 4 members (excludes halogenated alkanes) is 24. The zero-order valence-electron chi connectivity index (χ0n) is 35.5. The van der Waals surface area contributed by atoms with Gasteiger partial charge in [0.15, 0.2) is 0 Å². The fourth-order valence-corrected chi connectivity index (χ4v) is 5.04. The predicted molar refractivity (Wildman–Crippen MR) is 222 cm³/mol. The number of hydrogen-bond donors (Lipinski definition) is 2. The van der Waals surface area contributed by atoms with Gasteiger partial charge in [0.2, 0.25) is 0 Å². The molecule has 0 aliphatic carbocycles. The van der Waals surface area contributed by atoms with E-state index in [0.717, 1.165) is 57.2 Å². The zero-order chi connectivity index (χ0) is 41.6. The summed E-state index contributed by atoms with van der Waals surface area (Å²) < 4.78 is 8.25. The molecule has 0 rings (SSSR count). The van der Waals surface area contributed by atoms with E-state index in [4.69, 9.17) is 13.5 Å². The Morgan fingerprint density at radius 1 is 0.491 bits per heavy atom. The number of aliphatic carboxylic acids is 2. The third-order valence-corrected chi connectivity index (χ3v) is 7.97. The second-order valence-corrected chi connectivity index (χ2v) is 14.3. The summed E-state index contributed by atoms with van der Waals surface area (Å²) in [6, 6.07) is 0. The molecule has 53 heavy (non-hydrogen) atoms. The Balaban J connectivity index is -0.000000151. The van der Waals surface area contributed by atoms with E-state index in [0.29, 0.717) is 12.8 Å². The number of carboxylic acids is 2. The van der Waals surface area contributed by atoms with Crippen molar-refractivity contribution in [2.45, 2.75) is 221 Å². The fraction of sp³-hybridized carbons (Fsp3) is 0.800. The third-order valence-electron chi connectivity index (χ3n) is 7.97. The van der Waals surface area contributed by atoms with Crippen LogP contribution in [-0.4, -0.2) is 34.7 Å². The maximum absolute atomic E-state index is 10.0. The van der Waals surface area contributed by atoms with Crippen LogP contribution in [-0.2, 0) is 42.9 Å².